The number of carbonyl (C=O) groups excluding carboxylic acids is 2. The number of benzene rings is 1. The van der Waals surface area contributed by atoms with Crippen LogP contribution in [-0.2, 0) is 11.3 Å². The van der Waals surface area contributed by atoms with Gasteiger partial charge in [0.2, 0.25) is 5.91 Å². The summed E-state index contributed by atoms with van der Waals surface area (Å²) in [5.41, 5.74) is 0.912. The van der Waals surface area contributed by atoms with Gasteiger partial charge in [0.1, 0.15) is 5.75 Å². The molecule has 26 heavy (non-hydrogen) atoms. The molecule has 2 aromatic rings. The van der Waals surface area contributed by atoms with Crippen molar-refractivity contribution < 1.29 is 14.3 Å². The molecule has 2 N–H and O–H groups in total. The number of aromatic nitrogens is 3. The number of hydrogen-bond donors (Lipinski definition) is 2. The molecule has 3 amide bonds. The number of ether oxygens (including phenoxy) is 1. The van der Waals surface area contributed by atoms with Gasteiger partial charge in [-0.1, -0.05) is 18.7 Å². The Balaban J connectivity index is 2.01. The van der Waals surface area contributed by atoms with E-state index in [1.165, 1.54) is 11.8 Å². The summed E-state index contributed by atoms with van der Waals surface area (Å²) < 4.78 is 7.09. The summed E-state index contributed by atoms with van der Waals surface area (Å²) in [6.45, 7) is 5.12. The van der Waals surface area contributed by atoms with Crippen molar-refractivity contribution in [3.8, 4) is 17.1 Å². The molecule has 1 aromatic carbocycles. The smallest absolute Gasteiger partial charge is 0.321 e. The molecule has 1 aromatic heterocycles. The van der Waals surface area contributed by atoms with Crippen molar-refractivity contribution in [3.63, 3.8) is 0 Å². The SMILES string of the molecule is CCCNC(=O)NC(=O)CSc1nnc(-c2ccc(OC)cc2)n1CC. The molecule has 1 heterocycles. The second kappa shape index (κ2) is 9.81. The second-order valence-electron chi connectivity index (χ2n) is 5.37. The maximum Gasteiger partial charge on any atom is 0.321 e. The fourth-order valence-corrected chi connectivity index (χ4v) is 3.01. The number of amides is 3. The van der Waals surface area contributed by atoms with Gasteiger partial charge in [0, 0.05) is 18.7 Å². The standard InChI is InChI=1S/C17H23N5O3S/c1-4-10-18-16(24)19-14(23)11-26-17-21-20-15(22(17)5-2)12-6-8-13(25-3)9-7-12/h6-9H,4-5,10-11H2,1-3H3,(H2,18,19,23,24). The number of thioether (sulfide) groups is 1. The van der Waals surface area contributed by atoms with E-state index in [-0.39, 0.29) is 11.7 Å². The molecule has 0 aliphatic heterocycles. The van der Waals surface area contributed by atoms with E-state index < -0.39 is 6.03 Å². The molecule has 0 bridgehead atoms. The Kier molecular flexibility index (Phi) is 7.46. The van der Waals surface area contributed by atoms with Crippen molar-refractivity contribution in [1.29, 1.82) is 0 Å². The van der Waals surface area contributed by atoms with Crippen LogP contribution in [0.1, 0.15) is 20.3 Å². The maximum absolute atomic E-state index is 11.9. The van der Waals surface area contributed by atoms with Crippen molar-refractivity contribution in [2.45, 2.75) is 32.0 Å². The predicted molar refractivity (Wildman–Crippen MR) is 100 cm³/mol. The molecule has 9 heteroatoms. The first kappa shape index (κ1) is 19.8. The lowest BCUT2D eigenvalue weighted by atomic mass is 10.2. The van der Waals surface area contributed by atoms with Crippen LogP contribution >= 0.6 is 11.8 Å². The minimum atomic E-state index is -0.478. The van der Waals surface area contributed by atoms with Crippen molar-refractivity contribution in [2.75, 3.05) is 19.4 Å². The summed E-state index contributed by atoms with van der Waals surface area (Å²) in [6.07, 6.45) is 0.810. The van der Waals surface area contributed by atoms with Gasteiger partial charge in [-0.25, -0.2) is 4.79 Å². The Bertz CT molecular complexity index is 745. The molecule has 8 nitrogen and oxygen atoms in total. The van der Waals surface area contributed by atoms with E-state index in [1.54, 1.807) is 7.11 Å². The van der Waals surface area contributed by atoms with Crippen LogP contribution in [0.3, 0.4) is 0 Å². The Hall–Kier alpha value is -2.55. The quantitative estimate of drug-likeness (QED) is 0.685. The molecule has 0 atom stereocenters. The number of carbonyl (C=O) groups is 2. The van der Waals surface area contributed by atoms with Gasteiger partial charge in [0.15, 0.2) is 11.0 Å². The van der Waals surface area contributed by atoms with Gasteiger partial charge in [-0.05, 0) is 37.6 Å². The van der Waals surface area contributed by atoms with E-state index >= 15 is 0 Å². The van der Waals surface area contributed by atoms with E-state index in [0.717, 1.165) is 23.6 Å². The van der Waals surface area contributed by atoms with E-state index in [0.29, 0.717) is 18.2 Å². The Morgan fingerprint density at radius 2 is 1.92 bits per heavy atom. The topological polar surface area (TPSA) is 98.1 Å². The van der Waals surface area contributed by atoms with Crippen LogP contribution in [0, 0.1) is 0 Å². The molecule has 0 radical (unpaired) electrons. The van der Waals surface area contributed by atoms with Gasteiger partial charge in [-0.3, -0.25) is 10.1 Å². The van der Waals surface area contributed by atoms with Crippen molar-refractivity contribution in [3.05, 3.63) is 24.3 Å². The molecule has 0 spiro atoms. The van der Waals surface area contributed by atoms with Crippen molar-refractivity contribution >= 4 is 23.7 Å². The Labute approximate surface area is 156 Å². The average Bonchev–Trinajstić information content (AvgIpc) is 3.07. The number of methoxy groups -OCH3 is 1. The van der Waals surface area contributed by atoms with Crippen LogP contribution in [0.25, 0.3) is 11.4 Å². The van der Waals surface area contributed by atoms with Gasteiger partial charge in [-0.15, -0.1) is 10.2 Å². The van der Waals surface area contributed by atoms with Gasteiger partial charge < -0.3 is 14.6 Å². The largest absolute Gasteiger partial charge is 0.497 e. The number of nitrogens with zero attached hydrogens (tertiary/aromatic N) is 3. The van der Waals surface area contributed by atoms with Crippen LogP contribution in [0.5, 0.6) is 5.75 Å². The van der Waals surface area contributed by atoms with E-state index in [4.69, 9.17) is 4.74 Å². The molecular formula is C17H23N5O3S. The minimum absolute atomic E-state index is 0.0836. The first-order valence-corrected chi connectivity index (χ1v) is 9.35. The highest BCUT2D eigenvalue weighted by atomic mass is 32.2. The van der Waals surface area contributed by atoms with E-state index in [1.807, 2.05) is 42.7 Å². The monoisotopic (exact) mass is 377 g/mol. The van der Waals surface area contributed by atoms with Gasteiger partial charge in [0.25, 0.3) is 0 Å². The zero-order valence-electron chi connectivity index (χ0n) is 15.1. The second-order valence-corrected chi connectivity index (χ2v) is 6.31. The van der Waals surface area contributed by atoms with Crippen LogP contribution in [0.15, 0.2) is 29.4 Å². The van der Waals surface area contributed by atoms with Crippen LogP contribution in [-0.4, -0.2) is 46.1 Å². The first-order chi connectivity index (χ1) is 12.6. The maximum atomic E-state index is 11.9. The highest BCUT2D eigenvalue weighted by Gasteiger charge is 2.15. The third kappa shape index (κ3) is 5.22. The Morgan fingerprint density at radius 3 is 2.54 bits per heavy atom. The van der Waals surface area contributed by atoms with Crippen LogP contribution in [0.4, 0.5) is 4.79 Å². The van der Waals surface area contributed by atoms with Crippen LogP contribution < -0.4 is 15.4 Å². The van der Waals surface area contributed by atoms with Crippen molar-refractivity contribution in [1.82, 2.24) is 25.4 Å². The summed E-state index contributed by atoms with van der Waals surface area (Å²) >= 11 is 1.24. The molecule has 0 unspecified atom stereocenters. The number of nitrogens with one attached hydrogen (secondary N) is 2. The molecular weight excluding hydrogens is 354 g/mol. The third-order valence-electron chi connectivity index (χ3n) is 3.50. The van der Waals surface area contributed by atoms with E-state index in [2.05, 4.69) is 20.8 Å². The highest BCUT2D eigenvalue weighted by molar-refractivity contribution is 7.99. The summed E-state index contributed by atoms with van der Waals surface area (Å²) in [7, 11) is 1.62. The summed E-state index contributed by atoms with van der Waals surface area (Å²) in [5.74, 6) is 1.20. The normalized spacial score (nSPS) is 10.4. The number of imide groups is 1. The summed E-state index contributed by atoms with van der Waals surface area (Å²) in [5, 5.41) is 13.9. The predicted octanol–water partition coefficient (Wildman–Crippen LogP) is 2.30. The van der Waals surface area contributed by atoms with Gasteiger partial charge in [0.05, 0.1) is 12.9 Å². The van der Waals surface area contributed by atoms with Gasteiger partial charge in [-0.2, -0.15) is 0 Å². The zero-order valence-corrected chi connectivity index (χ0v) is 15.9. The minimum Gasteiger partial charge on any atom is -0.497 e. The van der Waals surface area contributed by atoms with Crippen LogP contribution in [0.2, 0.25) is 0 Å². The number of hydrogen-bond acceptors (Lipinski definition) is 6. The lowest BCUT2D eigenvalue weighted by Gasteiger charge is -2.08. The van der Waals surface area contributed by atoms with Gasteiger partial charge >= 0.3 is 6.03 Å². The molecule has 2 rings (SSSR count). The molecule has 0 saturated heterocycles. The lowest BCUT2D eigenvalue weighted by molar-refractivity contribution is -0.117. The fraction of sp³-hybridized carbons (Fsp3) is 0.412. The first-order valence-electron chi connectivity index (χ1n) is 8.37. The highest BCUT2D eigenvalue weighted by Crippen LogP contribution is 2.25. The molecule has 0 aliphatic rings. The fourth-order valence-electron chi connectivity index (χ4n) is 2.21. The summed E-state index contributed by atoms with van der Waals surface area (Å²) in [4.78, 5) is 23.4. The third-order valence-corrected chi connectivity index (χ3v) is 4.47. The molecule has 0 aliphatic carbocycles. The average molecular weight is 377 g/mol. The Morgan fingerprint density at radius 1 is 1.19 bits per heavy atom. The molecule has 0 saturated carbocycles. The lowest BCUT2D eigenvalue weighted by Crippen LogP contribution is -2.40. The molecule has 0 fully saturated rings. The summed E-state index contributed by atoms with van der Waals surface area (Å²) in [6, 6.07) is 7.06. The van der Waals surface area contributed by atoms with Crippen molar-refractivity contribution in [2.24, 2.45) is 0 Å². The number of urea groups is 1. The molecule has 140 valence electrons. The zero-order chi connectivity index (χ0) is 18.9. The number of rotatable bonds is 8. The van der Waals surface area contributed by atoms with E-state index in [9.17, 15) is 9.59 Å².